The van der Waals surface area contributed by atoms with Crippen molar-refractivity contribution < 1.29 is 4.79 Å². The van der Waals surface area contributed by atoms with Gasteiger partial charge in [-0.1, -0.05) is 22.9 Å². The molecule has 1 aliphatic heterocycles. The van der Waals surface area contributed by atoms with Crippen LogP contribution < -0.4 is 10.2 Å². The summed E-state index contributed by atoms with van der Waals surface area (Å²) in [4.78, 5) is 21.4. The van der Waals surface area contributed by atoms with Gasteiger partial charge in [-0.05, 0) is 38.2 Å². The molecule has 28 heavy (non-hydrogen) atoms. The van der Waals surface area contributed by atoms with Gasteiger partial charge in [0.1, 0.15) is 5.82 Å². The fourth-order valence-corrected chi connectivity index (χ4v) is 3.08. The lowest BCUT2D eigenvalue weighted by Gasteiger charge is -2.33. The number of rotatable bonds is 4. The monoisotopic (exact) mass is 377 g/mol. The molecule has 0 unspecified atom stereocenters. The highest BCUT2D eigenvalue weighted by Crippen LogP contribution is 2.17. The molecule has 1 aromatic carbocycles. The first kappa shape index (κ1) is 18.1. The number of nitrogens with one attached hydrogen (secondary N) is 1. The second-order valence-electron chi connectivity index (χ2n) is 7.03. The third kappa shape index (κ3) is 4.01. The van der Waals surface area contributed by atoms with E-state index < -0.39 is 0 Å². The lowest BCUT2D eigenvalue weighted by Crippen LogP contribution is -2.44. The van der Waals surface area contributed by atoms with E-state index in [4.69, 9.17) is 0 Å². The third-order valence-corrected chi connectivity index (χ3v) is 4.88. The van der Waals surface area contributed by atoms with E-state index in [0.29, 0.717) is 5.82 Å². The van der Waals surface area contributed by atoms with Crippen LogP contribution in [0.15, 0.2) is 48.8 Å². The van der Waals surface area contributed by atoms with Crippen LogP contribution in [-0.4, -0.2) is 64.0 Å². The lowest BCUT2D eigenvalue weighted by atomic mass is 10.2. The molecule has 4 rings (SSSR count). The van der Waals surface area contributed by atoms with E-state index in [1.807, 2.05) is 43.3 Å². The summed E-state index contributed by atoms with van der Waals surface area (Å²) in [7, 11) is 2.13. The summed E-state index contributed by atoms with van der Waals surface area (Å²) in [5, 5.41) is 10.8. The Morgan fingerprint density at radius 3 is 2.39 bits per heavy atom. The van der Waals surface area contributed by atoms with Gasteiger partial charge < -0.3 is 15.1 Å². The van der Waals surface area contributed by atoms with Gasteiger partial charge in [-0.3, -0.25) is 4.79 Å². The van der Waals surface area contributed by atoms with Crippen molar-refractivity contribution in [1.82, 2.24) is 24.9 Å². The molecule has 3 aromatic rings. The zero-order valence-corrected chi connectivity index (χ0v) is 16.0. The zero-order valence-electron chi connectivity index (χ0n) is 16.0. The number of carbonyl (C=O) groups is 1. The summed E-state index contributed by atoms with van der Waals surface area (Å²) in [6.07, 6.45) is 3.41. The van der Waals surface area contributed by atoms with Gasteiger partial charge in [0.25, 0.3) is 5.91 Å². The topological polar surface area (TPSA) is 79.2 Å². The van der Waals surface area contributed by atoms with Gasteiger partial charge in [0.2, 0.25) is 0 Å². The first-order valence-electron chi connectivity index (χ1n) is 9.29. The number of likely N-dealkylation sites (N-methyl/N-ethyl adjacent to an activating group) is 1. The molecule has 0 radical (unpaired) electrons. The van der Waals surface area contributed by atoms with Crippen LogP contribution in [0.25, 0.3) is 5.69 Å². The number of anilines is 2. The van der Waals surface area contributed by atoms with Gasteiger partial charge in [-0.25, -0.2) is 9.67 Å². The maximum atomic E-state index is 12.5. The van der Waals surface area contributed by atoms with Crippen LogP contribution in [0, 0.1) is 6.92 Å². The Morgan fingerprint density at radius 1 is 1.00 bits per heavy atom. The molecule has 8 heteroatoms. The van der Waals surface area contributed by atoms with Crippen LogP contribution in [0.2, 0.25) is 0 Å². The van der Waals surface area contributed by atoms with E-state index in [1.54, 1.807) is 17.1 Å². The normalized spacial score (nSPS) is 14.9. The number of pyridine rings is 1. The molecule has 2 aromatic heterocycles. The number of piperazine rings is 1. The summed E-state index contributed by atoms with van der Waals surface area (Å²) in [6, 6.07) is 11.6. The highest BCUT2D eigenvalue weighted by molar-refractivity contribution is 6.02. The Balaban J connectivity index is 1.40. The maximum absolute atomic E-state index is 12.5. The van der Waals surface area contributed by atoms with Crippen LogP contribution >= 0.6 is 0 Å². The molecule has 0 atom stereocenters. The molecule has 1 saturated heterocycles. The number of hydrogen-bond acceptors (Lipinski definition) is 6. The number of aromatic nitrogens is 4. The largest absolute Gasteiger partial charge is 0.368 e. The van der Waals surface area contributed by atoms with Crippen molar-refractivity contribution in [3.8, 4) is 5.69 Å². The quantitative estimate of drug-likeness (QED) is 0.749. The average molecular weight is 377 g/mol. The minimum atomic E-state index is -0.335. The first-order valence-corrected chi connectivity index (χ1v) is 9.29. The molecule has 0 saturated carbocycles. The van der Waals surface area contributed by atoms with Gasteiger partial charge in [-0.15, -0.1) is 5.10 Å². The second-order valence-corrected chi connectivity index (χ2v) is 7.03. The van der Waals surface area contributed by atoms with E-state index in [1.165, 1.54) is 0 Å². The summed E-state index contributed by atoms with van der Waals surface area (Å²) in [5.41, 5.74) is 3.32. The highest BCUT2D eigenvalue weighted by Gasteiger charge is 2.16. The summed E-state index contributed by atoms with van der Waals surface area (Å²) in [5.74, 6) is 0.158. The molecule has 1 aliphatic rings. The SMILES string of the molecule is Cc1ccc(-n2cc(C(=O)Nc3ccc(N4CCN(C)CC4)cn3)nn2)cc1. The highest BCUT2D eigenvalue weighted by atomic mass is 16.2. The minimum absolute atomic E-state index is 0.241. The van der Waals surface area contributed by atoms with Gasteiger partial charge >= 0.3 is 0 Å². The molecule has 0 bridgehead atoms. The van der Waals surface area contributed by atoms with Crippen molar-refractivity contribution in [2.24, 2.45) is 0 Å². The van der Waals surface area contributed by atoms with Crippen LogP contribution in [0.5, 0.6) is 0 Å². The van der Waals surface area contributed by atoms with E-state index >= 15 is 0 Å². The van der Waals surface area contributed by atoms with Crippen LogP contribution in [0.1, 0.15) is 16.1 Å². The summed E-state index contributed by atoms with van der Waals surface area (Å²) < 4.78 is 1.58. The van der Waals surface area contributed by atoms with Gasteiger partial charge in [0.15, 0.2) is 5.69 Å². The third-order valence-electron chi connectivity index (χ3n) is 4.88. The molecule has 144 valence electrons. The molecular weight excluding hydrogens is 354 g/mol. The van der Waals surface area contributed by atoms with Gasteiger partial charge in [-0.2, -0.15) is 0 Å². The Labute approximate surface area is 163 Å². The van der Waals surface area contributed by atoms with Gasteiger partial charge in [0, 0.05) is 26.2 Å². The van der Waals surface area contributed by atoms with Crippen molar-refractivity contribution in [2.75, 3.05) is 43.4 Å². The molecule has 0 spiro atoms. The Hall–Kier alpha value is -3.26. The fourth-order valence-electron chi connectivity index (χ4n) is 3.08. The van der Waals surface area contributed by atoms with Crippen molar-refractivity contribution in [1.29, 1.82) is 0 Å². The summed E-state index contributed by atoms with van der Waals surface area (Å²) in [6.45, 7) is 6.05. The number of nitrogens with zero attached hydrogens (tertiary/aromatic N) is 6. The van der Waals surface area contributed by atoms with Gasteiger partial charge in [0.05, 0.1) is 23.8 Å². The maximum Gasteiger partial charge on any atom is 0.279 e. The zero-order chi connectivity index (χ0) is 19.5. The lowest BCUT2D eigenvalue weighted by molar-refractivity contribution is 0.102. The molecule has 1 fully saturated rings. The average Bonchev–Trinajstić information content (AvgIpc) is 3.20. The number of benzene rings is 1. The van der Waals surface area contributed by atoms with E-state index in [0.717, 1.165) is 43.1 Å². The van der Waals surface area contributed by atoms with Crippen LogP contribution in [0.3, 0.4) is 0 Å². The molecule has 8 nitrogen and oxygen atoms in total. The predicted molar refractivity (Wildman–Crippen MR) is 108 cm³/mol. The number of hydrogen-bond donors (Lipinski definition) is 1. The Bertz CT molecular complexity index is 941. The number of amides is 1. The molecule has 3 heterocycles. The predicted octanol–water partition coefficient (Wildman–Crippen LogP) is 1.97. The van der Waals surface area contributed by atoms with Crippen LogP contribution in [-0.2, 0) is 0 Å². The van der Waals surface area contributed by atoms with Crippen molar-refractivity contribution in [3.63, 3.8) is 0 Å². The standard InChI is InChI=1S/C20H23N7O/c1-15-3-5-16(6-4-15)27-14-18(23-24-27)20(28)22-19-8-7-17(13-21-19)26-11-9-25(2)10-12-26/h3-8,13-14H,9-12H2,1-2H3,(H,21,22,28). The Morgan fingerprint density at radius 2 is 1.71 bits per heavy atom. The number of aryl methyl sites for hydroxylation is 1. The van der Waals surface area contributed by atoms with Crippen molar-refractivity contribution in [2.45, 2.75) is 6.92 Å². The second kappa shape index (κ2) is 7.77. The molecule has 1 amide bonds. The first-order chi connectivity index (χ1) is 13.6. The van der Waals surface area contributed by atoms with Crippen molar-refractivity contribution >= 4 is 17.4 Å². The summed E-state index contributed by atoms with van der Waals surface area (Å²) >= 11 is 0. The van der Waals surface area contributed by atoms with Crippen LogP contribution in [0.4, 0.5) is 11.5 Å². The molecule has 1 N–H and O–H groups in total. The number of carbonyl (C=O) groups excluding carboxylic acids is 1. The fraction of sp³-hybridized carbons (Fsp3) is 0.300. The van der Waals surface area contributed by atoms with E-state index in [-0.39, 0.29) is 11.6 Å². The smallest absolute Gasteiger partial charge is 0.279 e. The molecule has 0 aliphatic carbocycles. The van der Waals surface area contributed by atoms with E-state index in [9.17, 15) is 4.79 Å². The van der Waals surface area contributed by atoms with Crippen molar-refractivity contribution in [3.05, 3.63) is 60.0 Å². The minimum Gasteiger partial charge on any atom is -0.368 e. The molecular formula is C20H23N7O. The van der Waals surface area contributed by atoms with E-state index in [2.05, 4.69) is 37.5 Å². The Kier molecular flexibility index (Phi) is 5.03.